The lowest BCUT2D eigenvalue weighted by atomic mass is 10.1. The first-order valence-corrected chi connectivity index (χ1v) is 7.87. The van der Waals surface area contributed by atoms with Crippen molar-refractivity contribution in [3.05, 3.63) is 58.9 Å². The van der Waals surface area contributed by atoms with E-state index in [4.69, 9.17) is 4.74 Å². The van der Waals surface area contributed by atoms with Crippen LogP contribution in [0.15, 0.2) is 41.4 Å². The topological polar surface area (TPSA) is 24.8 Å². The molecule has 0 atom stereocenters. The lowest BCUT2D eigenvalue weighted by Crippen LogP contribution is -2.36. The predicted octanol–water partition coefficient (Wildman–Crippen LogP) is 4.03. The number of aliphatic imine (C=N–C) groups is 1. The van der Waals surface area contributed by atoms with Crippen LogP contribution >= 0.6 is 0 Å². The van der Waals surface area contributed by atoms with E-state index in [0.717, 1.165) is 35.5 Å². The molecule has 23 heavy (non-hydrogen) atoms. The molecular formula is C19H21FN2O. The van der Waals surface area contributed by atoms with Gasteiger partial charge in [0.15, 0.2) is 0 Å². The Balaban J connectivity index is 1.80. The van der Waals surface area contributed by atoms with Crippen molar-refractivity contribution in [3.63, 3.8) is 0 Å². The lowest BCUT2D eigenvalue weighted by Gasteiger charge is -2.29. The van der Waals surface area contributed by atoms with Crippen molar-refractivity contribution in [1.29, 1.82) is 0 Å². The molecule has 1 aliphatic rings. The number of ether oxygens (including phenoxy) is 1. The standard InChI is InChI=1S/C19H21FN2O/c1-14-3-4-15(2)18(11-14)21-13-16-5-6-19(17(20)12-16)22-7-9-23-10-8-22/h3-6,11-13H,7-10H2,1-2H3. The minimum atomic E-state index is -0.211. The SMILES string of the molecule is Cc1ccc(C)c(N=Cc2ccc(N3CCOCC3)c(F)c2)c1. The monoisotopic (exact) mass is 312 g/mol. The molecule has 2 aromatic rings. The van der Waals surface area contributed by atoms with E-state index < -0.39 is 0 Å². The lowest BCUT2D eigenvalue weighted by molar-refractivity contribution is 0.122. The second kappa shape index (κ2) is 6.92. The molecule has 1 heterocycles. The zero-order chi connectivity index (χ0) is 16.2. The van der Waals surface area contributed by atoms with Crippen LogP contribution in [0.25, 0.3) is 0 Å². The summed E-state index contributed by atoms with van der Waals surface area (Å²) in [4.78, 5) is 6.51. The number of rotatable bonds is 3. The molecule has 0 aliphatic carbocycles. The van der Waals surface area contributed by atoms with Gasteiger partial charge in [-0.3, -0.25) is 4.99 Å². The number of aryl methyl sites for hydroxylation is 2. The second-order valence-corrected chi connectivity index (χ2v) is 5.86. The van der Waals surface area contributed by atoms with Gasteiger partial charge in [-0.15, -0.1) is 0 Å². The average molecular weight is 312 g/mol. The first-order valence-electron chi connectivity index (χ1n) is 7.87. The van der Waals surface area contributed by atoms with E-state index in [9.17, 15) is 4.39 Å². The van der Waals surface area contributed by atoms with E-state index in [1.807, 2.05) is 43.0 Å². The third-order valence-electron chi connectivity index (χ3n) is 4.04. The van der Waals surface area contributed by atoms with E-state index in [-0.39, 0.29) is 5.82 Å². The zero-order valence-electron chi connectivity index (χ0n) is 13.6. The molecule has 0 unspecified atom stereocenters. The number of halogens is 1. The summed E-state index contributed by atoms with van der Waals surface area (Å²) in [6.45, 7) is 6.81. The summed E-state index contributed by atoms with van der Waals surface area (Å²) < 4.78 is 19.7. The van der Waals surface area contributed by atoms with Crippen molar-refractivity contribution in [1.82, 2.24) is 0 Å². The number of hydrogen-bond donors (Lipinski definition) is 0. The van der Waals surface area contributed by atoms with Crippen molar-refractivity contribution in [2.75, 3.05) is 31.2 Å². The van der Waals surface area contributed by atoms with E-state index in [2.05, 4.69) is 11.1 Å². The highest BCUT2D eigenvalue weighted by molar-refractivity contribution is 5.83. The van der Waals surface area contributed by atoms with E-state index >= 15 is 0 Å². The zero-order valence-corrected chi connectivity index (χ0v) is 13.6. The van der Waals surface area contributed by atoms with Crippen molar-refractivity contribution in [3.8, 4) is 0 Å². The Labute approximate surface area is 136 Å². The molecule has 1 saturated heterocycles. The quantitative estimate of drug-likeness (QED) is 0.799. The maximum Gasteiger partial charge on any atom is 0.147 e. The molecule has 1 aliphatic heterocycles. The Morgan fingerprint density at radius 3 is 2.61 bits per heavy atom. The molecule has 0 spiro atoms. The van der Waals surface area contributed by atoms with Crippen LogP contribution in [-0.2, 0) is 4.74 Å². The molecule has 0 N–H and O–H groups in total. The van der Waals surface area contributed by atoms with Crippen LogP contribution in [0, 0.1) is 19.7 Å². The summed E-state index contributed by atoms with van der Waals surface area (Å²) in [5, 5.41) is 0. The Hall–Kier alpha value is -2.20. The molecule has 2 aromatic carbocycles. The number of morpholine rings is 1. The van der Waals surface area contributed by atoms with Gasteiger partial charge in [-0.25, -0.2) is 4.39 Å². The van der Waals surface area contributed by atoms with Crippen LogP contribution in [0.2, 0.25) is 0 Å². The Kier molecular flexibility index (Phi) is 4.72. The van der Waals surface area contributed by atoms with Crippen LogP contribution in [0.3, 0.4) is 0 Å². The molecule has 4 heteroatoms. The number of nitrogens with zero attached hydrogens (tertiary/aromatic N) is 2. The fraction of sp³-hybridized carbons (Fsp3) is 0.316. The minimum absolute atomic E-state index is 0.211. The first-order chi connectivity index (χ1) is 11.1. The third-order valence-corrected chi connectivity index (χ3v) is 4.04. The van der Waals surface area contributed by atoms with Crippen molar-refractivity contribution in [2.45, 2.75) is 13.8 Å². The summed E-state index contributed by atoms with van der Waals surface area (Å²) in [6, 6.07) is 11.4. The highest BCUT2D eigenvalue weighted by atomic mass is 19.1. The van der Waals surface area contributed by atoms with Gasteiger partial charge in [-0.1, -0.05) is 18.2 Å². The Morgan fingerprint density at radius 2 is 1.87 bits per heavy atom. The first kappa shape index (κ1) is 15.7. The van der Waals surface area contributed by atoms with Gasteiger partial charge in [0.1, 0.15) is 5.82 Å². The predicted molar refractivity (Wildman–Crippen MR) is 92.6 cm³/mol. The third kappa shape index (κ3) is 3.77. The maximum atomic E-state index is 14.4. The molecule has 1 fully saturated rings. The number of anilines is 1. The molecule has 0 bridgehead atoms. The summed E-state index contributed by atoms with van der Waals surface area (Å²) in [5.41, 5.74) is 4.59. The molecule has 3 rings (SSSR count). The van der Waals surface area contributed by atoms with Gasteiger partial charge >= 0.3 is 0 Å². The van der Waals surface area contributed by atoms with Crippen molar-refractivity contribution >= 4 is 17.6 Å². The summed E-state index contributed by atoms with van der Waals surface area (Å²) in [6.07, 6.45) is 1.72. The number of benzene rings is 2. The molecule has 120 valence electrons. The number of hydrogen-bond acceptors (Lipinski definition) is 3. The van der Waals surface area contributed by atoms with Gasteiger partial charge in [-0.2, -0.15) is 0 Å². The normalized spacial score (nSPS) is 15.3. The van der Waals surface area contributed by atoms with E-state index in [1.54, 1.807) is 12.3 Å². The largest absolute Gasteiger partial charge is 0.378 e. The summed E-state index contributed by atoms with van der Waals surface area (Å²) >= 11 is 0. The second-order valence-electron chi connectivity index (χ2n) is 5.86. The van der Waals surface area contributed by atoms with Gasteiger partial charge < -0.3 is 9.64 Å². The minimum Gasteiger partial charge on any atom is -0.378 e. The highest BCUT2D eigenvalue weighted by Crippen LogP contribution is 2.23. The van der Waals surface area contributed by atoms with Crippen LogP contribution in [0.4, 0.5) is 15.8 Å². The molecular weight excluding hydrogens is 291 g/mol. The van der Waals surface area contributed by atoms with Crippen molar-refractivity contribution in [2.24, 2.45) is 4.99 Å². The summed E-state index contributed by atoms with van der Waals surface area (Å²) in [5.74, 6) is -0.211. The van der Waals surface area contributed by atoms with Crippen LogP contribution in [-0.4, -0.2) is 32.5 Å². The van der Waals surface area contributed by atoms with Gasteiger partial charge in [0.25, 0.3) is 0 Å². The molecule has 3 nitrogen and oxygen atoms in total. The average Bonchev–Trinajstić information content (AvgIpc) is 2.56. The highest BCUT2D eigenvalue weighted by Gasteiger charge is 2.14. The Morgan fingerprint density at radius 1 is 1.09 bits per heavy atom. The van der Waals surface area contributed by atoms with Crippen LogP contribution in [0.5, 0.6) is 0 Å². The molecule has 0 saturated carbocycles. The van der Waals surface area contributed by atoms with E-state index in [1.165, 1.54) is 0 Å². The van der Waals surface area contributed by atoms with Gasteiger partial charge in [0.2, 0.25) is 0 Å². The molecule has 0 aromatic heterocycles. The Bertz CT molecular complexity index is 721. The smallest absolute Gasteiger partial charge is 0.147 e. The molecule has 0 amide bonds. The van der Waals surface area contributed by atoms with Gasteiger partial charge in [0, 0.05) is 19.3 Å². The van der Waals surface area contributed by atoms with Crippen LogP contribution < -0.4 is 4.90 Å². The van der Waals surface area contributed by atoms with E-state index in [0.29, 0.717) is 18.9 Å². The summed E-state index contributed by atoms with van der Waals surface area (Å²) in [7, 11) is 0. The van der Waals surface area contributed by atoms with Crippen molar-refractivity contribution < 1.29 is 9.13 Å². The maximum absolute atomic E-state index is 14.4. The van der Waals surface area contributed by atoms with Gasteiger partial charge in [0.05, 0.1) is 24.6 Å². The van der Waals surface area contributed by atoms with Crippen LogP contribution in [0.1, 0.15) is 16.7 Å². The fourth-order valence-electron chi connectivity index (χ4n) is 2.67. The fourth-order valence-corrected chi connectivity index (χ4v) is 2.67. The molecule has 0 radical (unpaired) electrons. The van der Waals surface area contributed by atoms with Gasteiger partial charge in [-0.05, 0) is 48.7 Å².